The van der Waals surface area contributed by atoms with Crippen LogP contribution in [0.5, 0.6) is 11.5 Å². The molecule has 0 saturated heterocycles. The molecule has 0 aromatic heterocycles. The lowest BCUT2D eigenvalue weighted by molar-refractivity contribution is 0.488. The first-order chi connectivity index (χ1) is 32.0. The van der Waals surface area contributed by atoms with Crippen molar-refractivity contribution in [3.8, 4) is 89.4 Å². The predicted octanol–water partition coefficient (Wildman–Crippen LogP) is 17.6. The molecule has 65 heavy (non-hydrogen) atoms. The van der Waals surface area contributed by atoms with Gasteiger partial charge in [-0.05, 0) is 132 Å². The van der Waals surface area contributed by atoms with Gasteiger partial charge in [0, 0.05) is 33.6 Å². The van der Waals surface area contributed by atoms with E-state index in [1.165, 1.54) is 50.1 Å². The molecule has 0 spiro atoms. The Hall–Kier alpha value is -8.20. The summed E-state index contributed by atoms with van der Waals surface area (Å²) >= 11 is 0. The second-order valence-corrected chi connectivity index (χ2v) is 17.7. The average Bonchev–Trinajstić information content (AvgIpc) is 3.50. The molecule has 0 atom stereocenters. The van der Waals surface area contributed by atoms with Crippen LogP contribution in [0.2, 0.25) is 0 Å². The van der Waals surface area contributed by atoms with Crippen molar-refractivity contribution >= 4 is 17.1 Å². The number of nitrogens with zero attached hydrogens (tertiary/aromatic N) is 1. The van der Waals surface area contributed by atoms with Crippen LogP contribution in [0.15, 0.2) is 237 Å². The Bertz CT molecular complexity index is 3410. The van der Waals surface area contributed by atoms with Crippen LogP contribution in [0.4, 0.5) is 17.1 Å². The van der Waals surface area contributed by atoms with E-state index < -0.39 is 0 Å². The van der Waals surface area contributed by atoms with Gasteiger partial charge < -0.3 is 9.64 Å². The zero-order chi connectivity index (χ0) is 43.5. The fourth-order valence-corrected chi connectivity index (χ4v) is 10.2. The summed E-state index contributed by atoms with van der Waals surface area (Å²) in [6.07, 6.45) is 0. The zero-order valence-corrected chi connectivity index (χ0v) is 36.4. The minimum Gasteiger partial charge on any atom is -0.456 e. The number of benzene rings is 10. The van der Waals surface area contributed by atoms with Crippen LogP contribution < -0.4 is 9.64 Å². The number of hydrogen-bond acceptors (Lipinski definition) is 2. The van der Waals surface area contributed by atoms with E-state index in [4.69, 9.17) is 4.74 Å². The highest BCUT2D eigenvalue weighted by molar-refractivity contribution is 6.00. The summed E-state index contributed by atoms with van der Waals surface area (Å²) in [7, 11) is 0. The molecule has 2 aliphatic rings. The van der Waals surface area contributed by atoms with E-state index in [1.807, 2.05) is 0 Å². The second kappa shape index (κ2) is 15.6. The highest BCUT2D eigenvalue weighted by Gasteiger charge is 2.36. The minimum absolute atomic E-state index is 0.151. The summed E-state index contributed by atoms with van der Waals surface area (Å²) in [4.78, 5) is 2.42. The van der Waals surface area contributed by atoms with Crippen molar-refractivity contribution in [3.63, 3.8) is 0 Å². The lowest BCUT2D eigenvalue weighted by atomic mass is 9.82. The first kappa shape index (κ1) is 38.5. The smallest absolute Gasteiger partial charge is 0.135 e. The van der Waals surface area contributed by atoms with Gasteiger partial charge in [-0.1, -0.05) is 196 Å². The number of hydrogen-bond donors (Lipinski definition) is 0. The van der Waals surface area contributed by atoms with Gasteiger partial charge >= 0.3 is 0 Å². The third kappa shape index (κ3) is 6.65. The molecule has 10 aromatic rings. The van der Waals surface area contributed by atoms with E-state index in [-0.39, 0.29) is 5.41 Å². The monoisotopic (exact) mass is 831 g/mol. The van der Waals surface area contributed by atoms with Crippen LogP contribution in [0.1, 0.15) is 25.0 Å². The van der Waals surface area contributed by atoms with E-state index in [9.17, 15) is 0 Å². The van der Waals surface area contributed by atoms with Gasteiger partial charge in [-0.2, -0.15) is 0 Å². The van der Waals surface area contributed by atoms with Crippen LogP contribution >= 0.6 is 0 Å². The topological polar surface area (TPSA) is 12.5 Å². The quantitative estimate of drug-likeness (QED) is 0.159. The van der Waals surface area contributed by atoms with Crippen molar-refractivity contribution in [2.75, 3.05) is 4.90 Å². The highest BCUT2D eigenvalue weighted by Crippen LogP contribution is 2.54. The molecule has 1 aliphatic carbocycles. The van der Waals surface area contributed by atoms with Gasteiger partial charge in [-0.15, -0.1) is 0 Å². The maximum absolute atomic E-state index is 7.11. The maximum atomic E-state index is 7.11. The molecule has 0 fully saturated rings. The minimum atomic E-state index is -0.151. The first-order valence-corrected chi connectivity index (χ1v) is 22.5. The summed E-state index contributed by atoms with van der Waals surface area (Å²) in [5.41, 5.74) is 22.1. The molecule has 1 aliphatic heterocycles. The van der Waals surface area contributed by atoms with Crippen molar-refractivity contribution in [1.29, 1.82) is 0 Å². The highest BCUT2D eigenvalue weighted by atomic mass is 16.5. The normalized spacial score (nSPS) is 12.7. The second-order valence-electron chi connectivity index (χ2n) is 17.7. The molecule has 308 valence electrons. The van der Waals surface area contributed by atoms with Gasteiger partial charge in [0.05, 0.1) is 0 Å². The standard InChI is InChI=1S/C63H45NO/c1-63(2)58-26-13-12-24-54(58)55-36-33-51(41-59(55)63)64(49-23-14-22-47(38-49)43-18-8-4-9-19-43)50-34-37-60-56(40-50)53-35-32-48(44-20-10-5-11-21-44)39-57(53)62-52(25-15-27-61(62)65-60)46-30-28-45(29-31-46)42-16-6-3-7-17-42/h3-41H,1-2H3. The fraction of sp³-hybridized carbons (Fsp3) is 0.0476. The molecule has 2 nitrogen and oxygen atoms in total. The molecule has 1 heterocycles. The van der Waals surface area contributed by atoms with Gasteiger partial charge in [0.1, 0.15) is 11.5 Å². The average molecular weight is 832 g/mol. The van der Waals surface area contributed by atoms with Crippen LogP contribution in [-0.2, 0) is 5.41 Å². The third-order valence-electron chi connectivity index (χ3n) is 13.5. The summed E-state index contributed by atoms with van der Waals surface area (Å²) in [5, 5.41) is 0. The Kier molecular flexibility index (Phi) is 9.21. The van der Waals surface area contributed by atoms with Crippen molar-refractivity contribution in [2.24, 2.45) is 0 Å². The van der Waals surface area contributed by atoms with Crippen molar-refractivity contribution in [3.05, 3.63) is 248 Å². The molecule has 12 rings (SSSR count). The fourth-order valence-electron chi connectivity index (χ4n) is 10.2. The van der Waals surface area contributed by atoms with Crippen LogP contribution in [0, 0.1) is 0 Å². The summed E-state index contributed by atoms with van der Waals surface area (Å²) in [5.74, 6) is 1.65. The summed E-state index contributed by atoms with van der Waals surface area (Å²) in [6.45, 7) is 4.71. The zero-order valence-electron chi connectivity index (χ0n) is 36.4. The van der Waals surface area contributed by atoms with Gasteiger partial charge in [0.15, 0.2) is 0 Å². The predicted molar refractivity (Wildman–Crippen MR) is 271 cm³/mol. The van der Waals surface area contributed by atoms with Gasteiger partial charge in [0.2, 0.25) is 0 Å². The van der Waals surface area contributed by atoms with Crippen LogP contribution in [0.3, 0.4) is 0 Å². The molecule has 10 aromatic carbocycles. The lowest BCUT2D eigenvalue weighted by Crippen LogP contribution is -2.16. The molecular weight excluding hydrogens is 787 g/mol. The molecular formula is C63H45NO. The van der Waals surface area contributed by atoms with Crippen molar-refractivity contribution in [2.45, 2.75) is 19.3 Å². The van der Waals surface area contributed by atoms with E-state index >= 15 is 0 Å². The van der Waals surface area contributed by atoms with Crippen LogP contribution in [-0.4, -0.2) is 0 Å². The number of rotatable bonds is 7. The molecule has 0 saturated carbocycles. The largest absolute Gasteiger partial charge is 0.456 e. The van der Waals surface area contributed by atoms with Gasteiger partial charge in [0.25, 0.3) is 0 Å². The van der Waals surface area contributed by atoms with E-state index in [1.54, 1.807) is 0 Å². The summed E-state index contributed by atoms with van der Waals surface area (Å²) < 4.78 is 7.11. The van der Waals surface area contributed by atoms with E-state index in [0.29, 0.717) is 0 Å². The Morgan fingerprint density at radius 2 is 0.800 bits per heavy atom. The Balaban J connectivity index is 1.05. The van der Waals surface area contributed by atoms with Crippen molar-refractivity contribution in [1.82, 2.24) is 0 Å². The Morgan fingerprint density at radius 1 is 0.292 bits per heavy atom. The number of fused-ring (bicyclic) bond motifs is 8. The van der Waals surface area contributed by atoms with Gasteiger partial charge in [-0.3, -0.25) is 0 Å². The van der Waals surface area contributed by atoms with Crippen molar-refractivity contribution < 1.29 is 4.74 Å². The molecule has 0 amide bonds. The first-order valence-electron chi connectivity index (χ1n) is 22.5. The van der Waals surface area contributed by atoms with E-state index in [2.05, 4.69) is 255 Å². The van der Waals surface area contributed by atoms with Crippen LogP contribution in [0.25, 0.3) is 77.9 Å². The molecule has 0 bridgehead atoms. The number of anilines is 3. The SMILES string of the molecule is CC1(C)c2ccccc2-c2ccc(N(c3cccc(-c4ccccc4)c3)c3ccc4c(c3)-c3ccc(-c5ccccc5)cc3-c3c(cccc3-c3ccc(-c5ccccc5)cc3)O4)cc21. The molecule has 0 radical (unpaired) electrons. The molecule has 0 unspecified atom stereocenters. The van der Waals surface area contributed by atoms with Gasteiger partial charge in [-0.25, -0.2) is 0 Å². The Labute approximate surface area is 381 Å². The molecule has 2 heteroatoms. The number of ether oxygens (including phenoxy) is 1. The lowest BCUT2D eigenvalue weighted by Gasteiger charge is -2.29. The maximum Gasteiger partial charge on any atom is 0.135 e. The Morgan fingerprint density at radius 3 is 1.54 bits per heavy atom. The third-order valence-corrected chi connectivity index (χ3v) is 13.5. The van der Waals surface area contributed by atoms with E-state index in [0.717, 1.165) is 67.5 Å². The molecule has 0 N–H and O–H groups in total. The summed E-state index contributed by atoms with van der Waals surface area (Å²) in [6, 6.07) is 85.7.